The molecule has 0 saturated heterocycles. The van der Waals surface area contributed by atoms with E-state index in [4.69, 9.17) is 39.1 Å². The average Bonchev–Trinajstić information content (AvgIpc) is 2.39. The minimum atomic E-state index is -2.99. The predicted octanol–water partition coefficient (Wildman–Crippen LogP) is 1.74. The zero-order valence-electron chi connectivity index (χ0n) is 11.3. The van der Waals surface area contributed by atoms with Crippen molar-refractivity contribution < 1.29 is 27.5 Å². The molecule has 0 bridgehead atoms. The molecule has 18 heavy (non-hydrogen) atoms. The Kier molecular flexibility index (Phi) is 12.5. The van der Waals surface area contributed by atoms with Crippen LogP contribution in [0.15, 0.2) is 0 Å². The zero-order valence-corrected chi connectivity index (χ0v) is 13.0. The third-order valence-electron chi connectivity index (χ3n) is 1.86. The molecule has 0 N–H and O–H groups in total. The largest absolute Gasteiger partial charge is 0.521 e. The SMILES string of the molecule is CCOCO[Si](CCl)(OCOCC)OCOCC. The maximum Gasteiger partial charge on any atom is 0.521 e. The highest BCUT2D eigenvalue weighted by molar-refractivity contribution is 6.69. The Labute approximate surface area is 115 Å². The van der Waals surface area contributed by atoms with E-state index in [1.165, 1.54) is 0 Å². The van der Waals surface area contributed by atoms with Crippen LogP contribution in [-0.4, -0.2) is 54.5 Å². The Bertz CT molecular complexity index is 159. The van der Waals surface area contributed by atoms with E-state index in [-0.39, 0.29) is 25.9 Å². The minimum absolute atomic E-state index is 0.0771. The van der Waals surface area contributed by atoms with E-state index in [9.17, 15) is 0 Å². The van der Waals surface area contributed by atoms with Crippen LogP contribution in [0.4, 0.5) is 0 Å². The molecular weight excluding hydrogens is 280 g/mol. The van der Waals surface area contributed by atoms with Gasteiger partial charge < -0.3 is 27.5 Å². The molecule has 0 aromatic rings. The van der Waals surface area contributed by atoms with Crippen LogP contribution < -0.4 is 0 Å². The third-order valence-corrected chi connectivity index (χ3v) is 4.84. The van der Waals surface area contributed by atoms with Crippen LogP contribution in [0.25, 0.3) is 0 Å². The van der Waals surface area contributed by atoms with Gasteiger partial charge in [-0.2, -0.15) is 0 Å². The molecule has 110 valence electrons. The fourth-order valence-electron chi connectivity index (χ4n) is 0.885. The monoisotopic (exact) mass is 302 g/mol. The van der Waals surface area contributed by atoms with Crippen molar-refractivity contribution >= 4 is 20.4 Å². The first kappa shape index (κ1) is 18.3. The number of hydrogen-bond acceptors (Lipinski definition) is 6. The molecule has 6 nitrogen and oxygen atoms in total. The Morgan fingerprint density at radius 1 is 0.722 bits per heavy atom. The maximum atomic E-state index is 5.88. The smallest absolute Gasteiger partial charge is 0.357 e. The van der Waals surface area contributed by atoms with E-state index in [2.05, 4.69) is 0 Å². The molecular formula is C10H23ClO6Si. The van der Waals surface area contributed by atoms with Crippen molar-refractivity contribution in [2.24, 2.45) is 0 Å². The third kappa shape index (κ3) is 8.38. The molecule has 8 heteroatoms. The van der Waals surface area contributed by atoms with Gasteiger partial charge in [-0.1, -0.05) is 0 Å². The van der Waals surface area contributed by atoms with Gasteiger partial charge in [0.15, 0.2) is 0 Å². The van der Waals surface area contributed by atoms with E-state index < -0.39 is 8.80 Å². The molecule has 0 aromatic heterocycles. The summed E-state index contributed by atoms with van der Waals surface area (Å²) in [6, 6.07) is 0. The predicted molar refractivity (Wildman–Crippen MR) is 69.2 cm³/mol. The lowest BCUT2D eigenvalue weighted by Crippen LogP contribution is -2.50. The first-order valence-corrected chi connectivity index (χ1v) is 8.42. The second kappa shape index (κ2) is 12.3. The molecule has 0 spiro atoms. The normalized spacial score (nSPS) is 12.0. The highest BCUT2D eigenvalue weighted by Crippen LogP contribution is 2.12. The van der Waals surface area contributed by atoms with Gasteiger partial charge in [-0.05, 0) is 20.8 Å². The lowest BCUT2D eigenvalue weighted by atomic mass is 10.9. The van der Waals surface area contributed by atoms with Crippen LogP contribution in [0, 0.1) is 0 Å². The van der Waals surface area contributed by atoms with E-state index in [0.29, 0.717) is 19.8 Å². The Morgan fingerprint density at radius 3 is 1.28 bits per heavy atom. The van der Waals surface area contributed by atoms with Crippen molar-refractivity contribution in [3.8, 4) is 0 Å². The molecule has 0 unspecified atom stereocenters. The van der Waals surface area contributed by atoms with Crippen LogP contribution in [-0.2, 0) is 27.5 Å². The van der Waals surface area contributed by atoms with Crippen molar-refractivity contribution in [1.29, 1.82) is 0 Å². The maximum absolute atomic E-state index is 5.88. The van der Waals surface area contributed by atoms with Crippen molar-refractivity contribution in [2.45, 2.75) is 20.8 Å². The van der Waals surface area contributed by atoms with Crippen LogP contribution >= 0.6 is 11.6 Å². The van der Waals surface area contributed by atoms with Gasteiger partial charge in [0.05, 0.1) is 5.50 Å². The number of halogens is 1. The summed E-state index contributed by atoms with van der Waals surface area (Å²) in [4.78, 5) is 0. The molecule has 0 heterocycles. The van der Waals surface area contributed by atoms with Gasteiger partial charge in [-0.25, -0.2) is 0 Å². The fourth-order valence-corrected chi connectivity index (χ4v) is 2.85. The number of hydrogen-bond donors (Lipinski definition) is 0. The van der Waals surface area contributed by atoms with Gasteiger partial charge in [0.1, 0.15) is 20.4 Å². The van der Waals surface area contributed by atoms with Crippen molar-refractivity contribution in [2.75, 3.05) is 45.7 Å². The molecule has 0 amide bonds. The molecule has 0 rings (SSSR count). The first-order chi connectivity index (χ1) is 8.74. The second-order valence-corrected chi connectivity index (χ2v) is 6.38. The lowest BCUT2D eigenvalue weighted by molar-refractivity contribution is -0.0978. The summed E-state index contributed by atoms with van der Waals surface area (Å²) < 4.78 is 31.8. The summed E-state index contributed by atoms with van der Waals surface area (Å²) in [6.45, 7) is 7.48. The molecule has 0 fully saturated rings. The van der Waals surface area contributed by atoms with E-state index >= 15 is 0 Å². The molecule has 0 aliphatic heterocycles. The summed E-state index contributed by atoms with van der Waals surface area (Å²) in [5.74, 6) is 0. The number of alkyl halides is 1. The molecule has 0 aliphatic carbocycles. The molecule has 0 atom stereocenters. The summed E-state index contributed by atoms with van der Waals surface area (Å²) >= 11 is 5.88. The summed E-state index contributed by atoms with van der Waals surface area (Å²) in [6.07, 6.45) is 0. The number of rotatable bonds is 13. The first-order valence-electron chi connectivity index (χ1n) is 5.95. The lowest BCUT2D eigenvalue weighted by Gasteiger charge is -2.27. The second-order valence-electron chi connectivity index (χ2n) is 3.08. The van der Waals surface area contributed by atoms with Gasteiger partial charge >= 0.3 is 8.80 Å². The molecule has 0 aromatic carbocycles. The summed E-state index contributed by atoms with van der Waals surface area (Å²) in [7, 11) is -2.99. The van der Waals surface area contributed by atoms with Gasteiger partial charge in [-0.3, -0.25) is 0 Å². The standard InChI is InChI=1S/C10H23ClO6Si/c1-4-12-8-15-18(7-11,16-9-13-5-2)17-10-14-6-3/h4-10H2,1-3H3. The van der Waals surface area contributed by atoms with Gasteiger partial charge in [0.2, 0.25) is 0 Å². The Morgan fingerprint density at radius 2 is 1.06 bits per heavy atom. The highest BCUT2D eigenvalue weighted by atomic mass is 35.5. The van der Waals surface area contributed by atoms with Crippen LogP contribution in [0.5, 0.6) is 0 Å². The van der Waals surface area contributed by atoms with E-state index in [1.807, 2.05) is 20.8 Å². The Balaban J connectivity index is 4.20. The molecule has 0 radical (unpaired) electrons. The fraction of sp³-hybridized carbons (Fsp3) is 1.00. The molecule has 0 saturated carbocycles. The van der Waals surface area contributed by atoms with Crippen molar-refractivity contribution in [3.63, 3.8) is 0 Å². The van der Waals surface area contributed by atoms with Crippen molar-refractivity contribution in [3.05, 3.63) is 0 Å². The topological polar surface area (TPSA) is 55.4 Å². The number of ether oxygens (including phenoxy) is 3. The van der Waals surface area contributed by atoms with Gasteiger partial charge in [0, 0.05) is 19.8 Å². The molecule has 0 aliphatic rings. The highest BCUT2D eigenvalue weighted by Gasteiger charge is 2.41. The van der Waals surface area contributed by atoms with Crippen LogP contribution in [0.2, 0.25) is 0 Å². The average molecular weight is 303 g/mol. The zero-order chi connectivity index (χ0) is 13.7. The van der Waals surface area contributed by atoms with E-state index in [0.717, 1.165) is 0 Å². The van der Waals surface area contributed by atoms with Crippen LogP contribution in [0.1, 0.15) is 20.8 Å². The van der Waals surface area contributed by atoms with Crippen LogP contribution in [0.3, 0.4) is 0 Å². The quantitative estimate of drug-likeness (QED) is 0.223. The minimum Gasteiger partial charge on any atom is -0.357 e. The van der Waals surface area contributed by atoms with Crippen molar-refractivity contribution in [1.82, 2.24) is 0 Å². The van der Waals surface area contributed by atoms with Gasteiger partial charge in [-0.15, -0.1) is 11.6 Å². The summed E-state index contributed by atoms with van der Waals surface area (Å²) in [5.41, 5.74) is 0.111. The summed E-state index contributed by atoms with van der Waals surface area (Å²) in [5, 5.41) is 0. The van der Waals surface area contributed by atoms with Gasteiger partial charge in [0.25, 0.3) is 0 Å². The van der Waals surface area contributed by atoms with E-state index in [1.54, 1.807) is 0 Å². The Hall–Kier alpha value is 0.267.